The molecule has 1 fully saturated rings. The molecule has 2 rings (SSSR count). The van der Waals surface area contributed by atoms with Gasteiger partial charge < -0.3 is 10.6 Å². The predicted molar refractivity (Wildman–Crippen MR) is 74.1 cm³/mol. The highest BCUT2D eigenvalue weighted by molar-refractivity contribution is 5.91. The number of hydrogen-bond donors (Lipinski definition) is 2. The summed E-state index contributed by atoms with van der Waals surface area (Å²) in [7, 11) is 3.44. The lowest BCUT2D eigenvalue weighted by atomic mass is 9.90. The summed E-state index contributed by atoms with van der Waals surface area (Å²) >= 11 is 0. The van der Waals surface area contributed by atoms with E-state index in [1.165, 1.54) is 18.4 Å². The number of amides is 2. The molecule has 0 aromatic heterocycles. The van der Waals surface area contributed by atoms with E-state index in [9.17, 15) is 4.79 Å². The van der Waals surface area contributed by atoms with Gasteiger partial charge in [-0.15, -0.1) is 0 Å². The maximum absolute atomic E-state index is 11.6. The average molecular weight is 247 g/mol. The highest BCUT2D eigenvalue weighted by Gasteiger charge is 2.16. The van der Waals surface area contributed by atoms with Crippen LogP contribution in [-0.4, -0.2) is 33.2 Å². The lowest BCUT2D eigenvalue weighted by Gasteiger charge is -2.24. The van der Waals surface area contributed by atoms with Crippen LogP contribution in [0.4, 0.5) is 10.5 Å². The lowest BCUT2D eigenvalue weighted by Crippen LogP contribution is -2.34. The minimum Gasteiger partial charge on any atom is -0.341 e. The fraction of sp³-hybridized carbons (Fsp3) is 0.500. The summed E-state index contributed by atoms with van der Waals surface area (Å²) in [5, 5.41) is 6.01. The molecule has 1 aliphatic rings. The number of benzene rings is 1. The summed E-state index contributed by atoms with van der Waals surface area (Å²) in [5.74, 6) is 0.615. The minimum absolute atomic E-state index is 0.0857. The fourth-order valence-electron chi connectivity index (χ4n) is 2.43. The van der Waals surface area contributed by atoms with E-state index in [1.807, 2.05) is 12.1 Å². The van der Waals surface area contributed by atoms with Crippen LogP contribution in [-0.2, 0) is 0 Å². The third kappa shape index (κ3) is 2.82. The van der Waals surface area contributed by atoms with Crippen molar-refractivity contribution < 1.29 is 4.79 Å². The summed E-state index contributed by atoms with van der Waals surface area (Å²) in [6.45, 7) is 2.17. The van der Waals surface area contributed by atoms with Crippen molar-refractivity contribution in [1.29, 1.82) is 0 Å². The molecule has 0 atom stereocenters. The van der Waals surface area contributed by atoms with Gasteiger partial charge in [0.1, 0.15) is 0 Å². The van der Waals surface area contributed by atoms with Crippen LogP contribution in [0, 0.1) is 0 Å². The highest BCUT2D eigenvalue weighted by atomic mass is 16.2. The van der Waals surface area contributed by atoms with Gasteiger partial charge in [-0.25, -0.2) is 4.79 Å². The molecule has 0 unspecified atom stereocenters. The molecule has 4 heteroatoms. The van der Waals surface area contributed by atoms with E-state index in [0.717, 1.165) is 18.8 Å². The van der Waals surface area contributed by atoms with Crippen molar-refractivity contribution in [2.75, 3.05) is 32.1 Å². The Hall–Kier alpha value is -1.55. The summed E-state index contributed by atoms with van der Waals surface area (Å²) in [6, 6.07) is 8.21. The van der Waals surface area contributed by atoms with Gasteiger partial charge in [0.05, 0.1) is 0 Å². The largest absolute Gasteiger partial charge is 0.341 e. The number of hydrogen-bond acceptors (Lipinski definition) is 2. The summed E-state index contributed by atoms with van der Waals surface area (Å²) in [4.78, 5) is 13.2. The van der Waals surface area contributed by atoms with Crippen LogP contribution >= 0.6 is 0 Å². The van der Waals surface area contributed by atoms with Crippen molar-refractivity contribution in [3.63, 3.8) is 0 Å². The maximum Gasteiger partial charge on any atom is 0.321 e. The van der Waals surface area contributed by atoms with Gasteiger partial charge in [-0.05, 0) is 49.5 Å². The quantitative estimate of drug-likeness (QED) is 0.838. The first-order valence-corrected chi connectivity index (χ1v) is 6.48. The van der Waals surface area contributed by atoms with E-state index < -0.39 is 0 Å². The first-order valence-electron chi connectivity index (χ1n) is 6.48. The molecule has 4 nitrogen and oxygen atoms in total. The van der Waals surface area contributed by atoms with E-state index in [4.69, 9.17) is 0 Å². The lowest BCUT2D eigenvalue weighted by molar-refractivity contribution is 0.249. The number of urea groups is 1. The van der Waals surface area contributed by atoms with Gasteiger partial charge in [0, 0.05) is 19.8 Å². The summed E-state index contributed by atoms with van der Waals surface area (Å²) in [5.41, 5.74) is 2.29. The van der Waals surface area contributed by atoms with E-state index >= 15 is 0 Å². The number of anilines is 1. The molecule has 0 bridgehead atoms. The van der Waals surface area contributed by atoms with Crippen molar-refractivity contribution in [1.82, 2.24) is 10.6 Å². The molecule has 1 aromatic carbocycles. The molecule has 2 N–H and O–H groups in total. The average Bonchev–Trinajstić information content (AvgIpc) is 2.46. The Labute approximate surface area is 108 Å². The van der Waals surface area contributed by atoms with Gasteiger partial charge in [0.15, 0.2) is 0 Å². The van der Waals surface area contributed by atoms with Crippen LogP contribution in [0.15, 0.2) is 24.3 Å². The van der Waals surface area contributed by atoms with Gasteiger partial charge in [0.25, 0.3) is 0 Å². The molecule has 0 spiro atoms. The number of piperidine rings is 1. The molecule has 0 radical (unpaired) electrons. The third-order valence-corrected chi connectivity index (χ3v) is 3.59. The first kappa shape index (κ1) is 12.9. The van der Waals surface area contributed by atoms with Gasteiger partial charge in [0.2, 0.25) is 0 Å². The topological polar surface area (TPSA) is 44.4 Å². The van der Waals surface area contributed by atoms with Gasteiger partial charge in [-0.2, -0.15) is 0 Å². The molecular weight excluding hydrogens is 226 g/mol. The normalized spacial score (nSPS) is 16.3. The van der Waals surface area contributed by atoms with Crippen LogP contribution in [0.1, 0.15) is 24.3 Å². The summed E-state index contributed by atoms with van der Waals surface area (Å²) in [6.07, 6.45) is 2.35. The van der Waals surface area contributed by atoms with Crippen molar-refractivity contribution >= 4 is 11.7 Å². The summed E-state index contributed by atoms with van der Waals surface area (Å²) < 4.78 is 0. The minimum atomic E-state index is -0.0857. The zero-order chi connectivity index (χ0) is 13.0. The second-order valence-electron chi connectivity index (χ2n) is 4.73. The van der Waals surface area contributed by atoms with Crippen LogP contribution in [0.2, 0.25) is 0 Å². The molecule has 1 saturated heterocycles. The molecule has 1 aromatic rings. The molecule has 0 aliphatic carbocycles. The molecular formula is C14H21N3O. The van der Waals surface area contributed by atoms with Crippen molar-refractivity contribution in [2.45, 2.75) is 18.8 Å². The van der Waals surface area contributed by atoms with Crippen molar-refractivity contribution in [2.24, 2.45) is 0 Å². The second kappa shape index (κ2) is 5.87. The Morgan fingerprint density at radius 1 is 1.39 bits per heavy atom. The molecule has 1 aliphatic heterocycles. The monoisotopic (exact) mass is 247 g/mol. The number of nitrogens with zero attached hydrogens (tertiary/aromatic N) is 1. The predicted octanol–water partition coefficient (Wildman–Crippen LogP) is 1.93. The van der Waals surface area contributed by atoms with E-state index in [2.05, 4.69) is 22.8 Å². The number of carbonyl (C=O) groups is 1. The molecule has 0 saturated carbocycles. The zero-order valence-corrected chi connectivity index (χ0v) is 11.1. The van der Waals surface area contributed by atoms with Crippen LogP contribution in [0.5, 0.6) is 0 Å². The SMILES string of the molecule is CNC(=O)N(C)c1cccc(C2CCNCC2)c1. The van der Waals surface area contributed by atoms with E-state index in [0.29, 0.717) is 5.92 Å². The molecule has 1 heterocycles. The Morgan fingerprint density at radius 2 is 2.11 bits per heavy atom. The van der Waals surface area contributed by atoms with Crippen LogP contribution in [0.3, 0.4) is 0 Å². The molecule has 2 amide bonds. The Bertz CT molecular complexity index is 413. The smallest absolute Gasteiger partial charge is 0.321 e. The Kier molecular flexibility index (Phi) is 4.20. The van der Waals surface area contributed by atoms with Crippen molar-refractivity contribution in [3.8, 4) is 0 Å². The Morgan fingerprint density at radius 3 is 2.78 bits per heavy atom. The standard InChI is InChI=1S/C14H21N3O/c1-15-14(18)17(2)13-5-3-4-12(10-13)11-6-8-16-9-7-11/h3-5,10-11,16H,6-9H2,1-2H3,(H,15,18). The molecule has 18 heavy (non-hydrogen) atoms. The van der Waals surface area contributed by atoms with Gasteiger partial charge in [-0.3, -0.25) is 4.90 Å². The van der Waals surface area contributed by atoms with Gasteiger partial charge >= 0.3 is 6.03 Å². The highest BCUT2D eigenvalue weighted by Crippen LogP contribution is 2.27. The van der Waals surface area contributed by atoms with Crippen LogP contribution in [0.25, 0.3) is 0 Å². The second-order valence-corrected chi connectivity index (χ2v) is 4.73. The van der Waals surface area contributed by atoms with Crippen molar-refractivity contribution in [3.05, 3.63) is 29.8 Å². The fourth-order valence-corrected chi connectivity index (χ4v) is 2.43. The first-order chi connectivity index (χ1) is 8.72. The number of nitrogens with one attached hydrogen (secondary N) is 2. The van der Waals surface area contributed by atoms with Crippen LogP contribution < -0.4 is 15.5 Å². The van der Waals surface area contributed by atoms with E-state index in [1.54, 1.807) is 19.0 Å². The van der Waals surface area contributed by atoms with Gasteiger partial charge in [-0.1, -0.05) is 12.1 Å². The third-order valence-electron chi connectivity index (χ3n) is 3.59. The van der Waals surface area contributed by atoms with E-state index in [-0.39, 0.29) is 6.03 Å². The Balaban J connectivity index is 2.16. The zero-order valence-electron chi connectivity index (χ0n) is 11.1. The number of rotatable bonds is 2. The molecule has 98 valence electrons. The maximum atomic E-state index is 11.6. The number of carbonyl (C=O) groups excluding carboxylic acids is 1.